The first kappa shape index (κ1) is 21.2. The zero-order valence-electron chi connectivity index (χ0n) is 18.0. The van der Waals surface area contributed by atoms with Gasteiger partial charge in [-0.3, -0.25) is 9.89 Å². The lowest BCUT2D eigenvalue weighted by molar-refractivity contribution is 0.169. The molecule has 5 nitrogen and oxygen atoms in total. The predicted octanol–water partition coefficient (Wildman–Crippen LogP) is 4.11. The fourth-order valence-electron chi connectivity index (χ4n) is 4.01. The molecule has 2 heterocycles. The van der Waals surface area contributed by atoms with E-state index in [-0.39, 0.29) is 0 Å². The molecule has 1 aromatic carbocycles. The van der Waals surface area contributed by atoms with E-state index in [1.807, 2.05) is 24.5 Å². The van der Waals surface area contributed by atoms with Crippen molar-refractivity contribution in [2.45, 2.75) is 38.8 Å². The average molecular weight is 427 g/mol. The van der Waals surface area contributed by atoms with Gasteiger partial charge in [0.25, 0.3) is 0 Å². The van der Waals surface area contributed by atoms with E-state index in [1.165, 1.54) is 42.7 Å². The Labute approximate surface area is 184 Å². The summed E-state index contributed by atoms with van der Waals surface area (Å²) in [4.78, 5) is 8.47. The molecule has 2 N–H and O–H groups in total. The second-order valence-corrected chi connectivity index (χ2v) is 9.52. The highest BCUT2D eigenvalue weighted by atomic mass is 32.1. The van der Waals surface area contributed by atoms with Crippen molar-refractivity contribution in [1.82, 2.24) is 15.5 Å². The van der Waals surface area contributed by atoms with Gasteiger partial charge in [0.1, 0.15) is 5.75 Å². The van der Waals surface area contributed by atoms with Gasteiger partial charge in [-0.25, -0.2) is 0 Å². The maximum atomic E-state index is 6.03. The Kier molecular flexibility index (Phi) is 7.65. The average Bonchev–Trinajstić information content (AvgIpc) is 3.47. The van der Waals surface area contributed by atoms with Crippen LogP contribution in [-0.2, 0) is 13.1 Å². The van der Waals surface area contributed by atoms with Crippen LogP contribution in [0.1, 0.15) is 36.1 Å². The monoisotopic (exact) mass is 426 g/mol. The maximum absolute atomic E-state index is 6.03. The maximum Gasteiger partial charge on any atom is 0.191 e. The van der Waals surface area contributed by atoms with E-state index in [0.29, 0.717) is 5.92 Å². The van der Waals surface area contributed by atoms with Gasteiger partial charge in [0.15, 0.2) is 5.96 Å². The highest BCUT2D eigenvalue weighted by Crippen LogP contribution is 2.30. The molecule has 30 heavy (non-hydrogen) atoms. The second-order valence-electron chi connectivity index (χ2n) is 8.49. The Morgan fingerprint density at radius 3 is 2.83 bits per heavy atom. The van der Waals surface area contributed by atoms with Crippen LogP contribution < -0.4 is 15.4 Å². The molecule has 1 aliphatic heterocycles. The smallest absolute Gasteiger partial charge is 0.191 e. The molecular weight excluding hydrogens is 392 g/mol. The number of benzene rings is 1. The van der Waals surface area contributed by atoms with E-state index >= 15 is 0 Å². The van der Waals surface area contributed by atoms with Crippen LogP contribution in [0.5, 0.6) is 5.75 Å². The molecule has 1 unspecified atom stereocenters. The van der Waals surface area contributed by atoms with Gasteiger partial charge < -0.3 is 15.4 Å². The van der Waals surface area contributed by atoms with Crippen LogP contribution in [0.3, 0.4) is 0 Å². The summed E-state index contributed by atoms with van der Waals surface area (Å²) < 4.78 is 6.03. The largest absolute Gasteiger partial charge is 0.493 e. The summed E-state index contributed by atoms with van der Waals surface area (Å²) in [7, 11) is 1.84. The molecule has 1 saturated carbocycles. The molecule has 2 fully saturated rings. The predicted molar refractivity (Wildman–Crippen MR) is 125 cm³/mol. The zero-order chi connectivity index (χ0) is 20.6. The lowest BCUT2D eigenvalue weighted by Crippen LogP contribution is -2.44. The van der Waals surface area contributed by atoms with Crippen molar-refractivity contribution in [3.8, 4) is 5.75 Å². The Morgan fingerprint density at radius 1 is 1.13 bits per heavy atom. The van der Waals surface area contributed by atoms with Crippen molar-refractivity contribution in [2.24, 2.45) is 16.8 Å². The molecule has 0 spiro atoms. The number of thiophene rings is 1. The standard InChI is InChI=1S/C24H34N4OS/c1-25-24(27-15-21-7-2-3-9-23(21)29-18-19-10-11-19)26-14-20-6-4-12-28(16-20)17-22-8-5-13-30-22/h2-3,5,7-9,13,19-20H,4,6,10-12,14-18H2,1H3,(H2,25,26,27). The first-order valence-electron chi connectivity index (χ1n) is 11.2. The zero-order valence-corrected chi connectivity index (χ0v) is 18.8. The number of hydrogen-bond donors (Lipinski definition) is 2. The number of nitrogens with one attached hydrogen (secondary N) is 2. The number of likely N-dealkylation sites (tertiary alicyclic amines) is 1. The van der Waals surface area contributed by atoms with Gasteiger partial charge in [-0.2, -0.15) is 0 Å². The van der Waals surface area contributed by atoms with E-state index in [0.717, 1.165) is 50.4 Å². The van der Waals surface area contributed by atoms with Crippen LogP contribution >= 0.6 is 11.3 Å². The summed E-state index contributed by atoms with van der Waals surface area (Å²) in [5.41, 5.74) is 1.18. The minimum Gasteiger partial charge on any atom is -0.493 e. The topological polar surface area (TPSA) is 48.9 Å². The third-order valence-electron chi connectivity index (χ3n) is 5.93. The van der Waals surface area contributed by atoms with Crippen molar-refractivity contribution in [1.29, 1.82) is 0 Å². The quantitative estimate of drug-likeness (QED) is 0.468. The summed E-state index contributed by atoms with van der Waals surface area (Å²) >= 11 is 1.86. The number of aliphatic imine (C=N–C) groups is 1. The third kappa shape index (κ3) is 6.47. The van der Waals surface area contributed by atoms with E-state index < -0.39 is 0 Å². The fourth-order valence-corrected chi connectivity index (χ4v) is 4.75. The number of guanidine groups is 1. The molecule has 162 valence electrons. The van der Waals surface area contributed by atoms with Crippen molar-refractivity contribution < 1.29 is 4.74 Å². The summed E-state index contributed by atoms with van der Waals surface area (Å²) in [6, 6.07) is 12.7. The molecular formula is C24H34N4OS. The van der Waals surface area contributed by atoms with E-state index in [1.54, 1.807) is 0 Å². The minimum absolute atomic E-state index is 0.659. The van der Waals surface area contributed by atoms with Crippen molar-refractivity contribution in [2.75, 3.05) is 33.3 Å². The molecule has 2 aliphatic rings. The van der Waals surface area contributed by atoms with Gasteiger partial charge in [-0.1, -0.05) is 24.3 Å². The normalized spacial score (nSPS) is 20.2. The molecule has 0 amide bonds. The third-order valence-corrected chi connectivity index (χ3v) is 6.80. The number of rotatable bonds is 9. The van der Waals surface area contributed by atoms with Crippen LogP contribution in [0.25, 0.3) is 0 Å². The molecule has 1 aliphatic carbocycles. The Hall–Kier alpha value is -2.05. The number of ether oxygens (including phenoxy) is 1. The SMILES string of the molecule is CN=C(NCc1ccccc1OCC1CC1)NCC1CCCN(Cc2cccs2)C1. The Balaban J connectivity index is 1.22. The summed E-state index contributed by atoms with van der Waals surface area (Å²) in [5.74, 6) is 3.27. The highest BCUT2D eigenvalue weighted by molar-refractivity contribution is 7.09. The Morgan fingerprint density at radius 2 is 2.03 bits per heavy atom. The van der Waals surface area contributed by atoms with Crippen molar-refractivity contribution >= 4 is 17.3 Å². The van der Waals surface area contributed by atoms with Gasteiger partial charge >= 0.3 is 0 Å². The number of piperidine rings is 1. The molecule has 1 atom stereocenters. The fraction of sp³-hybridized carbons (Fsp3) is 0.542. The second kappa shape index (κ2) is 10.8. The van der Waals surface area contributed by atoms with E-state index in [4.69, 9.17) is 4.74 Å². The lowest BCUT2D eigenvalue weighted by Gasteiger charge is -2.32. The van der Waals surface area contributed by atoms with Gasteiger partial charge in [0, 0.05) is 43.7 Å². The molecule has 0 bridgehead atoms. The van der Waals surface area contributed by atoms with Crippen LogP contribution in [0, 0.1) is 11.8 Å². The molecule has 0 radical (unpaired) electrons. The van der Waals surface area contributed by atoms with E-state index in [2.05, 4.69) is 56.2 Å². The van der Waals surface area contributed by atoms with Crippen LogP contribution in [-0.4, -0.2) is 44.1 Å². The first-order chi connectivity index (χ1) is 14.8. The molecule has 2 aromatic rings. The number of hydrogen-bond acceptors (Lipinski definition) is 4. The number of nitrogens with zero attached hydrogens (tertiary/aromatic N) is 2. The summed E-state index contributed by atoms with van der Waals surface area (Å²) in [6.07, 6.45) is 5.17. The molecule has 1 aromatic heterocycles. The van der Waals surface area contributed by atoms with Crippen LogP contribution in [0.4, 0.5) is 0 Å². The van der Waals surface area contributed by atoms with Gasteiger partial charge in [0.05, 0.1) is 6.61 Å². The summed E-state index contributed by atoms with van der Waals surface area (Å²) in [6.45, 7) is 5.96. The van der Waals surface area contributed by atoms with Gasteiger partial charge in [-0.05, 0) is 61.6 Å². The van der Waals surface area contributed by atoms with Crippen molar-refractivity contribution in [3.63, 3.8) is 0 Å². The van der Waals surface area contributed by atoms with E-state index in [9.17, 15) is 0 Å². The number of para-hydroxylation sites is 1. The Bertz CT molecular complexity index is 803. The van der Waals surface area contributed by atoms with Crippen LogP contribution in [0.15, 0.2) is 46.8 Å². The van der Waals surface area contributed by atoms with Crippen LogP contribution in [0.2, 0.25) is 0 Å². The van der Waals surface area contributed by atoms with Crippen molar-refractivity contribution in [3.05, 3.63) is 52.2 Å². The van der Waals surface area contributed by atoms with Gasteiger partial charge in [0.2, 0.25) is 0 Å². The van der Waals surface area contributed by atoms with Gasteiger partial charge in [-0.15, -0.1) is 11.3 Å². The highest BCUT2D eigenvalue weighted by Gasteiger charge is 2.22. The lowest BCUT2D eigenvalue weighted by atomic mass is 9.98. The molecule has 1 saturated heterocycles. The summed E-state index contributed by atoms with van der Waals surface area (Å²) in [5, 5.41) is 9.18. The minimum atomic E-state index is 0.659. The molecule has 4 rings (SSSR count). The first-order valence-corrected chi connectivity index (χ1v) is 12.1. The molecule has 6 heteroatoms.